The van der Waals surface area contributed by atoms with Crippen molar-refractivity contribution < 1.29 is 0 Å². The van der Waals surface area contributed by atoms with Gasteiger partial charge in [-0.05, 0) is 13.8 Å². The summed E-state index contributed by atoms with van der Waals surface area (Å²) in [7, 11) is 0. The minimum absolute atomic E-state index is 0.00837. The van der Waals surface area contributed by atoms with Gasteiger partial charge in [0.1, 0.15) is 5.82 Å². The zero-order valence-corrected chi connectivity index (χ0v) is 11.7. The summed E-state index contributed by atoms with van der Waals surface area (Å²) in [5, 5.41) is 1.08. The smallest absolute Gasteiger partial charge is 0.133 e. The number of rotatable bonds is 1. The van der Waals surface area contributed by atoms with E-state index in [1.807, 2.05) is 19.3 Å². The lowest BCUT2D eigenvalue weighted by Gasteiger charge is -2.15. The van der Waals surface area contributed by atoms with Gasteiger partial charge in [0.05, 0.1) is 10.7 Å². The number of hydrogen-bond donors (Lipinski definition) is 0. The SMILES string of the molecule is Cc1nc(-c2cnc(C(C)(C)C)nc2)c(C)s1. The van der Waals surface area contributed by atoms with Crippen molar-refractivity contribution in [3.63, 3.8) is 0 Å². The Morgan fingerprint density at radius 3 is 2.06 bits per heavy atom. The molecule has 3 nitrogen and oxygen atoms in total. The van der Waals surface area contributed by atoms with E-state index in [1.165, 1.54) is 4.88 Å². The van der Waals surface area contributed by atoms with Gasteiger partial charge in [-0.1, -0.05) is 20.8 Å². The molecule has 0 fully saturated rings. The summed E-state index contributed by atoms with van der Waals surface area (Å²) in [6.45, 7) is 10.4. The molecule has 0 aliphatic rings. The average Bonchev–Trinajstić information content (AvgIpc) is 2.57. The Bertz CT molecular complexity index is 521. The summed E-state index contributed by atoms with van der Waals surface area (Å²) in [5.41, 5.74) is 2.00. The molecule has 0 atom stereocenters. The number of aromatic nitrogens is 3. The molecule has 0 spiro atoms. The Labute approximate surface area is 106 Å². The van der Waals surface area contributed by atoms with Crippen molar-refractivity contribution in [3.05, 3.63) is 28.1 Å². The van der Waals surface area contributed by atoms with Crippen LogP contribution < -0.4 is 0 Å². The minimum Gasteiger partial charge on any atom is -0.241 e. The first-order valence-corrected chi connectivity index (χ1v) is 6.46. The van der Waals surface area contributed by atoms with Crippen LogP contribution in [0, 0.1) is 13.8 Å². The first-order chi connectivity index (χ1) is 7.88. The highest BCUT2D eigenvalue weighted by atomic mass is 32.1. The molecule has 0 radical (unpaired) electrons. The van der Waals surface area contributed by atoms with Crippen molar-refractivity contribution in [1.29, 1.82) is 0 Å². The predicted molar refractivity (Wildman–Crippen MR) is 71.3 cm³/mol. The molecule has 0 amide bonds. The van der Waals surface area contributed by atoms with E-state index in [0.29, 0.717) is 0 Å². The fourth-order valence-corrected chi connectivity index (χ4v) is 2.47. The number of nitrogens with zero attached hydrogens (tertiary/aromatic N) is 3. The lowest BCUT2D eigenvalue weighted by atomic mass is 9.96. The van der Waals surface area contributed by atoms with Crippen LogP contribution in [0.15, 0.2) is 12.4 Å². The summed E-state index contributed by atoms with van der Waals surface area (Å²) in [6, 6.07) is 0. The second kappa shape index (κ2) is 4.18. The molecule has 0 saturated carbocycles. The number of thiazole rings is 1. The highest BCUT2D eigenvalue weighted by Crippen LogP contribution is 2.27. The third-order valence-electron chi connectivity index (χ3n) is 2.50. The monoisotopic (exact) mass is 247 g/mol. The largest absolute Gasteiger partial charge is 0.241 e. The second-order valence-corrected chi connectivity index (χ2v) is 6.59. The number of aryl methyl sites for hydroxylation is 2. The van der Waals surface area contributed by atoms with Crippen molar-refractivity contribution in [2.75, 3.05) is 0 Å². The van der Waals surface area contributed by atoms with Gasteiger partial charge in [-0.3, -0.25) is 0 Å². The quantitative estimate of drug-likeness (QED) is 0.774. The molecule has 90 valence electrons. The fourth-order valence-electron chi connectivity index (χ4n) is 1.63. The molecule has 0 saturated heterocycles. The van der Waals surface area contributed by atoms with Crippen molar-refractivity contribution in [1.82, 2.24) is 15.0 Å². The van der Waals surface area contributed by atoms with E-state index in [1.54, 1.807) is 11.3 Å². The Hall–Kier alpha value is -1.29. The Kier molecular flexibility index (Phi) is 3.00. The predicted octanol–water partition coefficient (Wildman–Crippen LogP) is 3.51. The minimum atomic E-state index is -0.00837. The van der Waals surface area contributed by atoms with Crippen LogP contribution in [0.5, 0.6) is 0 Å². The molecule has 2 heterocycles. The van der Waals surface area contributed by atoms with Gasteiger partial charge in [-0.15, -0.1) is 11.3 Å². The van der Waals surface area contributed by atoms with Gasteiger partial charge >= 0.3 is 0 Å². The van der Waals surface area contributed by atoms with Crippen LogP contribution in [-0.2, 0) is 5.41 Å². The number of hydrogen-bond acceptors (Lipinski definition) is 4. The zero-order chi connectivity index (χ0) is 12.6. The van der Waals surface area contributed by atoms with Gasteiger partial charge in [0.25, 0.3) is 0 Å². The molecular weight excluding hydrogens is 230 g/mol. The van der Waals surface area contributed by atoms with Gasteiger partial charge in [0.15, 0.2) is 0 Å². The van der Waals surface area contributed by atoms with Crippen LogP contribution in [0.1, 0.15) is 36.5 Å². The lowest BCUT2D eigenvalue weighted by Crippen LogP contribution is -2.15. The summed E-state index contributed by atoms with van der Waals surface area (Å²) >= 11 is 1.71. The molecule has 2 aromatic heterocycles. The molecular formula is C13H17N3S. The van der Waals surface area contributed by atoms with Gasteiger partial charge in [-0.25, -0.2) is 15.0 Å². The van der Waals surface area contributed by atoms with E-state index in [-0.39, 0.29) is 5.41 Å². The summed E-state index contributed by atoms with van der Waals surface area (Å²) < 4.78 is 0. The van der Waals surface area contributed by atoms with Crippen LogP contribution in [0.4, 0.5) is 0 Å². The van der Waals surface area contributed by atoms with Gasteiger partial charge in [0, 0.05) is 28.2 Å². The third-order valence-corrected chi connectivity index (χ3v) is 3.39. The highest BCUT2D eigenvalue weighted by molar-refractivity contribution is 7.11. The molecule has 17 heavy (non-hydrogen) atoms. The fraction of sp³-hybridized carbons (Fsp3) is 0.462. The summed E-state index contributed by atoms with van der Waals surface area (Å²) in [4.78, 5) is 14.6. The van der Waals surface area contributed by atoms with Crippen LogP contribution in [0.2, 0.25) is 0 Å². The Balaban J connectivity index is 2.39. The van der Waals surface area contributed by atoms with E-state index in [2.05, 4.69) is 42.6 Å². The van der Waals surface area contributed by atoms with E-state index >= 15 is 0 Å². The first kappa shape index (κ1) is 12.2. The standard InChI is InChI=1S/C13H17N3S/c1-8-11(16-9(2)17-8)10-6-14-12(15-7-10)13(3,4)5/h6-7H,1-5H3. The van der Waals surface area contributed by atoms with E-state index in [9.17, 15) is 0 Å². The van der Waals surface area contributed by atoms with Crippen molar-refractivity contribution >= 4 is 11.3 Å². The van der Waals surface area contributed by atoms with Crippen LogP contribution in [-0.4, -0.2) is 15.0 Å². The molecule has 0 aliphatic carbocycles. The molecule has 4 heteroatoms. The lowest BCUT2D eigenvalue weighted by molar-refractivity contribution is 0.545. The molecule has 2 rings (SSSR count). The highest BCUT2D eigenvalue weighted by Gasteiger charge is 2.17. The molecule has 0 bridgehead atoms. The maximum Gasteiger partial charge on any atom is 0.133 e. The van der Waals surface area contributed by atoms with E-state index < -0.39 is 0 Å². The molecule has 0 N–H and O–H groups in total. The Morgan fingerprint density at radius 1 is 1.06 bits per heavy atom. The van der Waals surface area contributed by atoms with Crippen molar-refractivity contribution in [3.8, 4) is 11.3 Å². The topological polar surface area (TPSA) is 38.7 Å². The summed E-state index contributed by atoms with van der Waals surface area (Å²) in [6.07, 6.45) is 3.74. The normalized spacial score (nSPS) is 11.8. The second-order valence-electron chi connectivity index (χ2n) is 5.18. The third kappa shape index (κ3) is 2.52. The zero-order valence-electron chi connectivity index (χ0n) is 10.9. The van der Waals surface area contributed by atoms with Crippen LogP contribution in [0.3, 0.4) is 0 Å². The molecule has 0 aromatic carbocycles. The van der Waals surface area contributed by atoms with Gasteiger partial charge in [0.2, 0.25) is 0 Å². The average molecular weight is 247 g/mol. The van der Waals surface area contributed by atoms with E-state index in [4.69, 9.17) is 0 Å². The Morgan fingerprint density at radius 2 is 1.65 bits per heavy atom. The molecule has 0 unspecified atom stereocenters. The van der Waals surface area contributed by atoms with Crippen molar-refractivity contribution in [2.24, 2.45) is 0 Å². The van der Waals surface area contributed by atoms with Gasteiger partial charge in [-0.2, -0.15) is 0 Å². The maximum absolute atomic E-state index is 4.51. The van der Waals surface area contributed by atoms with Crippen molar-refractivity contribution in [2.45, 2.75) is 40.0 Å². The van der Waals surface area contributed by atoms with Crippen LogP contribution >= 0.6 is 11.3 Å². The van der Waals surface area contributed by atoms with E-state index in [0.717, 1.165) is 22.1 Å². The molecule has 0 aliphatic heterocycles. The summed E-state index contributed by atoms with van der Waals surface area (Å²) in [5.74, 6) is 0.867. The maximum atomic E-state index is 4.51. The van der Waals surface area contributed by atoms with Gasteiger partial charge < -0.3 is 0 Å². The molecule has 2 aromatic rings. The van der Waals surface area contributed by atoms with Crippen LogP contribution in [0.25, 0.3) is 11.3 Å². The first-order valence-electron chi connectivity index (χ1n) is 5.65.